The molecule has 0 saturated carbocycles. The van der Waals surface area contributed by atoms with E-state index in [1.165, 1.54) is 12.1 Å². The van der Waals surface area contributed by atoms with Gasteiger partial charge in [-0.2, -0.15) is 0 Å². The van der Waals surface area contributed by atoms with Crippen molar-refractivity contribution in [1.82, 2.24) is 15.1 Å². The van der Waals surface area contributed by atoms with Gasteiger partial charge in [-0.1, -0.05) is 12.1 Å². The lowest BCUT2D eigenvalue weighted by Gasteiger charge is -2.36. The lowest BCUT2D eigenvalue weighted by molar-refractivity contribution is -0.127. The molecule has 2 aliphatic rings. The number of nitrogens with zero attached hydrogens (tertiary/aromatic N) is 2. The van der Waals surface area contributed by atoms with Crippen LogP contribution < -0.4 is 5.32 Å². The molecule has 2 fully saturated rings. The molecule has 2 atom stereocenters. The van der Waals surface area contributed by atoms with Crippen LogP contribution in [0.25, 0.3) is 0 Å². The fourth-order valence-corrected chi connectivity index (χ4v) is 3.94. The molecule has 3 rings (SSSR count). The SMILES string of the molecule is C[C@@H](NC(=O)[C@H](C)N1CCC(OCCN2CCOCC2)CC1)c1ccc(F)cc1. The van der Waals surface area contributed by atoms with Gasteiger partial charge in [0.25, 0.3) is 0 Å². The summed E-state index contributed by atoms with van der Waals surface area (Å²) in [7, 11) is 0. The fraction of sp³-hybridized carbons (Fsp3) is 0.682. The lowest BCUT2D eigenvalue weighted by Crippen LogP contribution is -2.49. The average molecular weight is 408 g/mol. The predicted octanol–water partition coefficient (Wildman–Crippen LogP) is 2.20. The molecule has 0 bridgehead atoms. The Labute approximate surface area is 173 Å². The first kappa shape index (κ1) is 22.2. The zero-order chi connectivity index (χ0) is 20.6. The topological polar surface area (TPSA) is 54.0 Å². The number of morpholine rings is 1. The highest BCUT2D eigenvalue weighted by Crippen LogP contribution is 2.18. The normalized spacial score (nSPS) is 21.6. The van der Waals surface area contributed by atoms with E-state index in [4.69, 9.17) is 9.47 Å². The summed E-state index contributed by atoms with van der Waals surface area (Å²) in [6.07, 6.45) is 2.18. The Morgan fingerprint density at radius 3 is 2.48 bits per heavy atom. The van der Waals surface area contributed by atoms with Crippen molar-refractivity contribution in [2.45, 2.75) is 44.9 Å². The van der Waals surface area contributed by atoms with E-state index < -0.39 is 0 Å². The molecule has 2 saturated heterocycles. The van der Waals surface area contributed by atoms with Crippen LogP contribution in [0.4, 0.5) is 4.39 Å². The maximum absolute atomic E-state index is 13.1. The summed E-state index contributed by atoms with van der Waals surface area (Å²) in [6.45, 7) is 10.9. The number of likely N-dealkylation sites (tertiary alicyclic amines) is 1. The Hall–Kier alpha value is -1.54. The van der Waals surface area contributed by atoms with Gasteiger partial charge in [-0.15, -0.1) is 0 Å². The Kier molecular flexibility index (Phi) is 8.41. The number of rotatable bonds is 8. The molecule has 6 nitrogen and oxygen atoms in total. The van der Waals surface area contributed by atoms with Gasteiger partial charge < -0.3 is 14.8 Å². The number of piperidine rings is 1. The predicted molar refractivity (Wildman–Crippen MR) is 110 cm³/mol. The standard InChI is InChI=1S/C22H34FN3O3/c1-17(19-3-5-20(23)6-4-19)24-22(27)18(2)26-9-7-21(8-10-26)29-16-13-25-11-14-28-15-12-25/h3-6,17-18,21H,7-16H2,1-2H3,(H,24,27)/t17-,18+/m1/s1. The van der Waals surface area contributed by atoms with Crippen molar-refractivity contribution in [3.8, 4) is 0 Å². The summed E-state index contributed by atoms with van der Waals surface area (Å²) < 4.78 is 24.5. The van der Waals surface area contributed by atoms with Crippen LogP contribution in [0.3, 0.4) is 0 Å². The van der Waals surface area contributed by atoms with E-state index in [1.54, 1.807) is 12.1 Å². The number of carbonyl (C=O) groups excluding carboxylic acids is 1. The number of amides is 1. The van der Waals surface area contributed by atoms with Gasteiger partial charge in [0.05, 0.1) is 38.0 Å². The van der Waals surface area contributed by atoms with Gasteiger partial charge >= 0.3 is 0 Å². The maximum Gasteiger partial charge on any atom is 0.237 e. The van der Waals surface area contributed by atoms with E-state index in [-0.39, 0.29) is 29.9 Å². The molecular formula is C22H34FN3O3. The molecule has 1 aromatic carbocycles. The second kappa shape index (κ2) is 11.0. The van der Waals surface area contributed by atoms with Gasteiger partial charge in [-0.25, -0.2) is 4.39 Å². The van der Waals surface area contributed by atoms with Crippen LogP contribution in [-0.2, 0) is 14.3 Å². The van der Waals surface area contributed by atoms with Crippen molar-refractivity contribution in [2.24, 2.45) is 0 Å². The van der Waals surface area contributed by atoms with E-state index in [0.717, 1.165) is 70.9 Å². The highest BCUT2D eigenvalue weighted by molar-refractivity contribution is 5.81. The number of hydrogen-bond donors (Lipinski definition) is 1. The maximum atomic E-state index is 13.1. The Balaban J connectivity index is 1.35. The smallest absolute Gasteiger partial charge is 0.237 e. The van der Waals surface area contributed by atoms with Gasteiger partial charge in [0.2, 0.25) is 5.91 Å². The molecule has 1 amide bonds. The zero-order valence-electron chi connectivity index (χ0n) is 17.6. The number of carbonyl (C=O) groups is 1. The van der Waals surface area contributed by atoms with E-state index in [1.807, 2.05) is 13.8 Å². The third-order valence-corrected chi connectivity index (χ3v) is 6.00. The summed E-state index contributed by atoms with van der Waals surface area (Å²) >= 11 is 0. The van der Waals surface area contributed by atoms with Crippen molar-refractivity contribution in [1.29, 1.82) is 0 Å². The Morgan fingerprint density at radius 2 is 1.83 bits per heavy atom. The minimum Gasteiger partial charge on any atom is -0.379 e. The summed E-state index contributed by atoms with van der Waals surface area (Å²) in [4.78, 5) is 17.2. The monoisotopic (exact) mass is 407 g/mol. The lowest BCUT2D eigenvalue weighted by atomic mass is 10.0. The van der Waals surface area contributed by atoms with Crippen molar-refractivity contribution >= 4 is 5.91 Å². The van der Waals surface area contributed by atoms with Gasteiger partial charge in [0, 0.05) is 32.7 Å². The molecule has 0 aromatic heterocycles. The molecule has 0 unspecified atom stereocenters. The molecule has 0 radical (unpaired) electrons. The second-order valence-electron chi connectivity index (χ2n) is 8.02. The van der Waals surface area contributed by atoms with E-state index >= 15 is 0 Å². The van der Waals surface area contributed by atoms with Crippen LogP contribution >= 0.6 is 0 Å². The highest BCUT2D eigenvalue weighted by atomic mass is 19.1. The van der Waals surface area contributed by atoms with Crippen molar-refractivity contribution in [3.63, 3.8) is 0 Å². The van der Waals surface area contributed by atoms with Gasteiger partial charge in [-0.3, -0.25) is 14.6 Å². The van der Waals surface area contributed by atoms with Gasteiger partial charge in [-0.05, 0) is 44.4 Å². The number of halogens is 1. The van der Waals surface area contributed by atoms with Crippen LogP contribution in [0.1, 0.15) is 38.3 Å². The van der Waals surface area contributed by atoms with E-state index in [9.17, 15) is 9.18 Å². The van der Waals surface area contributed by atoms with Gasteiger partial charge in [0.1, 0.15) is 5.82 Å². The molecule has 2 heterocycles. The molecule has 2 aliphatic heterocycles. The molecule has 7 heteroatoms. The average Bonchev–Trinajstić information content (AvgIpc) is 2.75. The molecule has 0 spiro atoms. The largest absolute Gasteiger partial charge is 0.379 e. The van der Waals surface area contributed by atoms with Crippen LogP contribution in [0.15, 0.2) is 24.3 Å². The summed E-state index contributed by atoms with van der Waals surface area (Å²) in [5, 5.41) is 3.04. The number of benzene rings is 1. The van der Waals surface area contributed by atoms with Crippen LogP contribution in [0.2, 0.25) is 0 Å². The first-order valence-corrected chi connectivity index (χ1v) is 10.7. The van der Waals surface area contributed by atoms with Crippen molar-refractivity contribution in [3.05, 3.63) is 35.6 Å². The summed E-state index contributed by atoms with van der Waals surface area (Å²) in [5.41, 5.74) is 0.902. The minimum atomic E-state index is -0.268. The fourth-order valence-electron chi connectivity index (χ4n) is 3.94. The third kappa shape index (κ3) is 6.74. The van der Waals surface area contributed by atoms with Gasteiger partial charge in [0.15, 0.2) is 0 Å². The van der Waals surface area contributed by atoms with Crippen molar-refractivity contribution in [2.75, 3.05) is 52.5 Å². The molecule has 162 valence electrons. The molecule has 29 heavy (non-hydrogen) atoms. The zero-order valence-corrected chi connectivity index (χ0v) is 17.6. The third-order valence-electron chi connectivity index (χ3n) is 6.00. The number of hydrogen-bond acceptors (Lipinski definition) is 5. The van der Waals surface area contributed by atoms with Crippen LogP contribution in [0.5, 0.6) is 0 Å². The minimum absolute atomic E-state index is 0.00788. The first-order valence-electron chi connectivity index (χ1n) is 10.7. The van der Waals surface area contributed by atoms with Crippen molar-refractivity contribution < 1.29 is 18.7 Å². The van der Waals surface area contributed by atoms with E-state index in [0.29, 0.717) is 0 Å². The summed E-state index contributed by atoms with van der Waals surface area (Å²) in [6, 6.07) is 5.94. The molecule has 1 aromatic rings. The molecule has 1 N–H and O–H groups in total. The quantitative estimate of drug-likeness (QED) is 0.716. The Bertz CT molecular complexity index is 629. The number of ether oxygens (including phenoxy) is 2. The molecular weight excluding hydrogens is 373 g/mol. The van der Waals surface area contributed by atoms with Crippen LogP contribution in [0, 0.1) is 5.82 Å². The highest BCUT2D eigenvalue weighted by Gasteiger charge is 2.27. The number of nitrogens with one attached hydrogen (secondary N) is 1. The summed E-state index contributed by atoms with van der Waals surface area (Å²) in [5.74, 6) is -0.260. The second-order valence-corrected chi connectivity index (χ2v) is 8.02. The van der Waals surface area contributed by atoms with E-state index in [2.05, 4.69) is 15.1 Å². The van der Waals surface area contributed by atoms with Crippen LogP contribution in [-0.4, -0.2) is 80.4 Å². The Morgan fingerprint density at radius 1 is 1.17 bits per heavy atom. The molecule has 0 aliphatic carbocycles. The first-order chi connectivity index (χ1) is 14.0.